The highest BCUT2D eigenvalue weighted by Crippen LogP contribution is 2.41. The monoisotopic (exact) mass is 634 g/mol. The van der Waals surface area contributed by atoms with E-state index in [1.165, 1.54) is 24.3 Å². The molecule has 10 nitrogen and oxygen atoms in total. The number of fused-ring (bicyclic) bond motifs is 2. The molecule has 0 spiro atoms. The predicted molar refractivity (Wildman–Crippen MR) is 167 cm³/mol. The third kappa shape index (κ3) is 5.52. The average molecular weight is 635 g/mol. The second-order valence-electron chi connectivity index (χ2n) is 10.6. The van der Waals surface area contributed by atoms with Gasteiger partial charge in [-0.25, -0.2) is 0 Å². The van der Waals surface area contributed by atoms with Crippen LogP contribution in [-0.4, -0.2) is 37.5 Å². The van der Waals surface area contributed by atoms with E-state index in [4.69, 9.17) is 0 Å². The lowest BCUT2D eigenvalue weighted by Crippen LogP contribution is -2.23. The number of rotatable bonds is 8. The Hall–Kier alpha value is -4.36. The summed E-state index contributed by atoms with van der Waals surface area (Å²) >= 11 is 0. The number of aryl methyl sites for hydroxylation is 4. The van der Waals surface area contributed by atoms with Gasteiger partial charge in [-0.3, -0.25) is 18.7 Å². The summed E-state index contributed by atoms with van der Waals surface area (Å²) in [5.74, 6) is -0.776. The van der Waals surface area contributed by atoms with Gasteiger partial charge in [0.05, 0.1) is 32.3 Å². The molecule has 0 radical (unpaired) electrons. The van der Waals surface area contributed by atoms with Gasteiger partial charge >= 0.3 is 0 Å². The SMILES string of the molecule is CCc1cc(S(=O)(=O)O)cc(C)c1Nc1ccc(Nc2c(C)cc(S(=O)(=O)O)cc2CC)c2c1C(=O)c1ccccc1C2=O. The third-order valence-corrected chi connectivity index (χ3v) is 9.40. The van der Waals surface area contributed by atoms with E-state index in [1.807, 2.05) is 13.8 Å². The fourth-order valence-corrected chi connectivity index (χ4v) is 6.80. The summed E-state index contributed by atoms with van der Waals surface area (Å²) < 4.78 is 66.6. The highest BCUT2D eigenvalue weighted by molar-refractivity contribution is 7.86. The van der Waals surface area contributed by atoms with Crippen molar-refractivity contribution in [2.75, 3.05) is 10.6 Å². The molecule has 0 aliphatic heterocycles. The van der Waals surface area contributed by atoms with Crippen LogP contribution in [0.5, 0.6) is 0 Å². The molecule has 0 atom stereocenters. The van der Waals surface area contributed by atoms with E-state index >= 15 is 0 Å². The number of benzene rings is 4. The molecule has 1 aliphatic rings. The van der Waals surface area contributed by atoms with Crippen LogP contribution < -0.4 is 10.6 Å². The zero-order valence-corrected chi connectivity index (χ0v) is 26.0. The fourth-order valence-electron chi connectivity index (χ4n) is 5.56. The second kappa shape index (κ2) is 11.3. The predicted octanol–water partition coefficient (Wildman–Crippen LogP) is 6.18. The maximum atomic E-state index is 14.0. The number of ketones is 2. The van der Waals surface area contributed by atoms with Crippen molar-refractivity contribution in [3.8, 4) is 0 Å². The fraction of sp³-hybridized carbons (Fsp3) is 0.188. The molecule has 0 saturated heterocycles. The van der Waals surface area contributed by atoms with E-state index in [-0.39, 0.29) is 43.6 Å². The van der Waals surface area contributed by atoms with Crippen molar-refractivity contribution in [1.29, 1.82) is 0 Å². The van der Waals surface area contributed by atoms with Crippen LogP contribution in [-0.2, 0) is 33.1 Å². The van der Waals surface area contributed by atoms with Crippen LogP contribution >= 0.6 is 0 Å². The Morgan fingerprint density at radius 1 is 0.614 bits per heavy atom. The Balaban J connectivity index is 1.71. The van der Waals surface area contributed by atoms with Gasteiger partial charge in [0.15, 0.2) is 11.6 Å². The molecule has 12 heteroatoms. The lowest BCUT2D eigenvalue weighted by molar-refractivity contribution is 0.0980. The van der Waals surface area contributed by atoms with Crippen molar-refractivity contribution >= 4 is 54.6 Å². The molecule has 44 heavy (non-hydrogen) atoms. The summed E-state index contributed by atoms with van der Waals surface area (Å²) in [7, 11) is -8.90. The number of hydrogen-bond donors (Lipinski definition) is 4. The lowest BCUT2D eigenvalue weighted by atomic mass is 9.82. The van der Waals surface area contributed by atoms with E-state index in [0.29, 0.717) is 57.8 Å². The first-order chi connectivity index (χ1) is 20.6. The molecule has 228 valence electrons. The minimum absolute atomic E-state index is 0.115. The Kier molecular flexibility index (Phi) is 7.97. The maximum absolute atomic E-state index is 14.0. The van der Waals surface area contributed by atoms with Crippen LogP contribution in [0.1, 0.15) is 67.9 Å². The first kappa shape index (κ1) is 31.1. The quantitative estimate of drug-likeness (QED) is 0.145. The molecular formula is C32H30N2O8S2. The average Bonchev–Trinajstić information content (AvgIpc) is 2.96. The van der Waals surface area contributed by atoms with Crippen molar-refractivity contribution in [3.63, 3.8) is 0 Å². The molecule has 0 unspecified atom stereocenters. The molecule has 4 N–H and O–H groups in total. The third-order valence-electron chi connectivity index (χ3n) is 7.73. The van der Waals surface area contributed by atoms with Gasteiger partial charge in [0, 0.05) is 22.5 Å². The second-order valence-corrected chi connectivity index (χ2v) is 13.4. The van der Waals surface area contributed by atoms with Crippen molar-refractivity contribution < 1.29 is 35.5 Å². The molecular weight excluding hydrogens is 604 g/mol. The molecule has 0 amide bonds. The Morgan fingerprint density at radius 2 is 0.977 bits per heavy atom. The topological polar surface area (TPSA) is 167 Å². The van der Waals surface area contributed by atoms with E-state index in [9.17, 15) is 35.5 Å². The zero-order valence-electron chi connectivity index (χ0n) is 24.3. The minimum Gasteiger partial charge on any atom is -0.354 e. The first-order valence-electron chi connectivity index (χ1n) is 13.8. The van der Waals surface area contributed by atoms with Gasteiger partial charge in [-0.1, -0.05) is 38.1 Å². The summed E-state index contributed by atoms with van der Waals surface area (Å²) in [6, 6.07) is 15.2. The molecule has 4 aromatic carbocycles. The van der Waals surface area contributed by atoms with Crippen molar-refractivity contribution in [3.05, 3.63) is 105 Å². The van der Waals surface area contributed by atoms with Gasteiger partial charge in [0.1, 0.15) is 0 Å². The Bertz CT molecular complexity index is 1950. The molecule has 0 aromatic heterocycles. The Labute approximate surface area is 255 Å². The normalized spacial score (nSPS) is 13.0. The smallest absolute Gasteiger partial charge is 0.294 e. The van der Waals surface area contributed by atoms with E-state index < -0.39 is 20.2 Å². The van der Waals surface area contributed by atoms with E-state index in [2.05, 4.69) is 10.6 Å². The summed E-state index contributed by atoms with van der Waals surface area (Å²) in [4.78, 5) is 27.5. The molecule has 0 heterocycles. The van der Waals surface area contributed by atoms with E-state index in [0.717, 1.165) is 0 Å². The summed E-state index contributed by atoms with van der Waals surface area (Å²) in [6.07, 6.45) is 0.811. The van der Waals surface area contributed by atoms with Gasteiger partial charge in [-0.15, -0.1) is 0 Å². The summed E-state index contributed by atoms with van der Waals surface area (Å²) in [5, 5.41) is 6.52. The number of anilines is 4. The van der Waals surface area contributed by atoms with Gasteiger partial charge in [0.25, 0.3) is 20.2 Å². The van der Waals surface area contributed by atoms with Crippen LogP contribution in [0.15, 0.2) is 70.5 Å². The summed E-state index contributed by atoms with van der Waals surface area (Å²) in [5.41, 5.74) is 4.58. The largest absolute Gasteiger partial charge is 0.354 e. The van der Waals surface area contributed by atoms with Crippen molar-refractivity contribution in [2.24, 2.45) is 0 Å². The van der Waals surface area contributed by atoms with Crippen LogP contribution in [0, 0.1) is 13.8 Å². The van der Waals surface area contributed by atoms with Gasteiger partial charge < -0.3 is 10.6 Å². The molecule has 4 aromatic rings. The molecule has 5 rings (SSSR count). The van der Waals surface area contributed by atoms with Crippen LogP contribution in [0.4, 0.5) is 22.7 Å². The first-order valence-corrected chi connectivity index (χ1v) is 16.6. The standard InChI is InChI=1S/C32H30N2O8S2/c1-5-19-15-21(43(37,38)39)13-17(3)29(19)33-25-11-12-26(28-27(25)31(35)23-9-7-8-10-24(23)32(28)36)34-30-18(4)14-22(44(40,41)42)16-20(30)6-2/h7-16,33-34H,5-6H2,1-4H3,(H,37,38,39)(H,40,41,42). The molecule has 0 fully saturated rings. The summed E-state index contributed by atoms with van der Waals surface area (Å²) in [6.45, 7) is 6.99. The minimum atomic E-state index is -4.45. The maximum Gasteiger partial charge on any atom is 0.294 e. The molecule has 1 aliphatic carbocycles. The lowest BCUT2D eigenvalue weighted by Gasteiger charge is -2.26. The van der Waals surface area contributed by atoms with Crippen LogP contribution in [0.25, 0.3) is 0 Å². The van der Waals surface area contributed by atoms with Crippen molar-refractivity contribution in [1.82, 2.24) is 0 Å². The molecule has 0 bridgehead atoms. The Morgan fingerprint density at radius 3 is 1.30 bits per heavy atom. The van der Waals surface area contributed by atoms with Crippen LogP contribution in [0.2, 0.25) is 0 Å². The highest BCUT2D eigenvalue weighted by atomic mass is 32.2. The van der Waals surface area contributed by atoms with Crippen LogP contribution in [0.3, 0.4) is 0 Å². The van der Waals surface area contributed by atoms with Gasteiger partial charge in [0.2, 0.25) is 0 Å². The van der Waals surface area contributed by atoms with Gasteiger partial charge in [-0.05, 0) is 85.3 Å². The highest BCUT2D eigenvalue weighted by Gasteiger charge is 2.34. The van der Waals surface area contributed by atoms with Gasteiger partial charge in [-0.2, -0.15) is 16.8 Å². The zero-order chi connectivity index (χ0) is 32.1. The van der Waals surface area contributed by atoms with Crippen molar-refractivity contribution in [2.45, 2.75) is 50.3 Å². The number of carbonyl (C=O) groups is 2. The number of nitrogens with one attached hydrogen (secondary N) is 2. The number of hydrogen-bond acceptors (Lipinski definition) is 8. The number of carbonyl (C=O) groups excluding carboxylic acids is 2. The van der Waals surface area contributed by atoms with E-state index in [1.54, 1.807) is 50.2 Å². The molecule has 0 saturated carbocycles.